The van der Waals surface area contributed by atoms with Crippen molar-refractivity contribution in [1.29, 1.82) is 0 Å². The third-order valence-electron chi connectivity index (χ3n) is 5.56. The van der Waals surface area contributed by atoms with E-state index in [0.29, 0.717) is 22.4 Å². The molecular formula is C26H23FN4O2S. The number of carbonyl (C=O) groups is 1. The molecule has 4 aromatic rings. The van der Waals surface area contributed by atoms with Gasteiger partial charge in [-0.2, -0.15) is 0 Å². The molecule has 6 nitrogen and oxygen atoms in total. The second-order valence-corrected chi connectivity index (χ2v) is 9.09. The fourth-order valence-electron chi connectivity index (χ4n) is 3.63. The second-order valence-electron chi connectivity index (χ2n) is 8.01. The van der Waals surface area contributed by atoms with Gasteiger partial charge in [0, 0.05) is 11.6 Å². The fraction of sp³-hybridized carbons (Fsp3) is 0.192. The Hall–Kier alpha value is -3.65. The molecule has 0 radical (unpaired) electrons. The van der Waals surface area contributed by atoms with E-state index in [0.717, 1.165) is 24.0 Å². The maximum Gasteiger partial charge on any atom is 0.238 e. The van der Waals surface area contributed by atoms with Crippen LogP contribution >= 0.6 is 11.8 Å². The summed E-state index contributed by atoms with van der Waals surface area (Å²) in [7, 11) is 1.60. The van der Waals surface area contributed by atoms with Crippen molar-refractivity contribution >= 4 is 17.7 Å². The van der Waals surface area contributed by atoms with Gasteiger partial charge in [0.1, 0.15) is 16.8 Å². The Kier molecular flexibility index (Phi) is 6.31. The molecule has 1 aliphatic carbocycles. The molecule has 1 unspecified atom stereocenters. The number of ether oxygens (including phenoxy) is 1. The highest BCUT2D eigenvalue weighted by molar-refractivity contribution is 8.00. The molecule has 1 atom stereocenters. The number of aromatic nitrogens is 3. The van der Waals surface area contributed by atoms with Crippen LogP contribution in [0, 0.1) is 5.82 Å². The van der Waals surface area contributed by atoms with Crippen molar-refractivity contribution in [3.05, 3.63) is 90.2 Å². The quantitative estimate of drug-likeness (QED) is 0.356. The number of amides is 1. The summed E-state index contributed by atoms with van der Waals surface area (Å²) in [5, 5.41) is 11.7. The van der Waals surface area contributed by atoms with E-state index in [-0.39, 0.29) is 11.9 Å². The van der Waals surface area contributed by atoms with Crippen molar-refractivity contribution in [3.8, 4) is 22.8 Å². The van der Waals surface area contributed by atoms with Crippen molar-refractivity contribution in [1.82, 2.24) is 20.1 Å². The third-order valence-corrected chi connectivity index (χ3v) is 6.76. The number of hydrogen-bond donors (Lipinski definition) is 1. The minimum atomic E-state index is -0.555. The first kappa shape index (κ1) is 22.2. The lowest BCUT2D eigenvalue weighted by atomic mass is 10.1. The Balaban J connectivity index is 1.59. The number of nitrogens with one attached hydrogen (secondary N) is 1. The van der Waals surface area contributed by atoms with Gasteiger partial charge in [0.25, 0.3) is 0 Å². The minimum Gasteiger partial charge on any atom is -0.497 e. The van der Waals surface area contributed by atoms with Crippen LogP contribution in [0.15, 0.2) is 84.0 Å². The van der Waals surface area contributed by atoms with E-state index < -0.39 is 11.1 Å². The highest BCUT2D eigenvalue weighted by atomic mass is 32.2. The molecule has 1 fully saturated rings. The molecule has 1 saturated carbocycles. The van der Waals surface area contributed by atoms with Crippen molar-refractivity contribution in [2.24, 2.45) is 0 Å². The Labute approximate surface area is 201 Å². The average Bonchev–Trinajstić information content (AvgIpc) is 3.59. The van der Waals surface area contributed by atoms with E-state index in [4.69, 9.17) is 4.74 Å². The van der Waals surface area contributed by atoms with Gasteiger partial charge in [0.15, 0.2) is 11.0 Å². The molecule has 1 N–H and O–H groups in total. The first-order valence-electron chi connectivity index (χ1n) is 11.0. The van der Waals surface area contributed by atoms with Crippen LogP contribution in [0.25, 0.3) is 17.1 Å². The van der Waals surface area contributed by atoms with Crippen molar-refractivity contribution < 1.29 is 13.9 Å². The van der Waals surface area contributed by atoms with E-state index in [2.05, 4.69) is 15.5 Å². The Morgan fingerprint density at radius 2 is 1.74 bits per heavy atom. The zero-order valence-corrected chi connectivity index (χ0v) is 19.3. The summed E-state index contributed by atoms with van der Waals surface area (Å²) in [4.78, 5) is 13.2. The zero-order chi connectivity index (χ0) is 23.5. The maximum absolute atomic E-state index is 15.0. The standard InChI is InChI=1S/C26H23FN4O2S/c1-33-20-15-11-18(12-16-20)24-29-30-26(31(24)22-10-6-5-9-21(22)27)34-23(17-7-3-2-4-8-17)25(32)28-19-13-14-19/h2-12,15-16,19,23H,13-14H2,1H3,(H,28,32). The van der Waals surface area contributed by atoms with Crippen LogP contribution < -0.4 is 10.1 Å². The molecule has 0 spiro atoms. The number of rotatable bonds is 8. The maximum atomic E-state index is 15.0. The summed E-state index contributed by atoms with van der Waals surface area (Å²) in [6.07, 6.45) is 1.98. The summed E-state index contributed by atoms with van der Waals surface area (Å²) in [6, 6.07) is 23.6. The molecule has 5 rings (SSSR count). The SMILES string of the molecule is COc1ccc(-c2nnc(SC(C(=O)NC3CC3)c3ccccc3)n2-c2ccccc2F)cc1. The highest BCUT2D eigenvalue weighted by Crippen LogP contribution is 2.38. The average molecular weight is 475 g/mol. The Bertz CT molecular complexity index is 1290. The molecule has 1 heterocycles. The monoisotopic (exact) mass is 474 g/mol. The molecule has 172 valence electrons. The van der Waals surface area contributed by atoms with E-state index in [1.807, 2.05) is 54.6 Å². The number of para-hydroxylation sites is 1. The van der Waals surface area contributed by atoms with E-state index >= 15 is 0 Å². The number of halogens is 1. The van der Waals surface area contributed by atoms with Crippen LogP contribution in [0.1, 0.15) is 23.7 Å². The van der Waals surface area contributed by atoms with E-state index in [1.165, 1.54) is 17.8 Å². The number of thioether (sulfide) groups is 1. The van der Waals surface area contributed by atoms with Crippen LogP contribution in [-0.4, -0.2) is 33.8 Å². The van der Waals surface area contributed by atoms with Crippen LogP contribution in [0.5, 0.6) is 5.75 Å². The van der Waals surface area contributed by atoms with Gasteiger partial charge in [-0.15, -0.1) is 10.2 Å². The zero-order valence-electron chi connectivity index (χ0n) is 18.5. The summed E-state index contributed by atoms with van der Waals surface area (Å²) in [5.41, 5.74) is 1.91. The van der Waals surface area contributed by atoms with E-state index in [9.17, 15) is 9.18 Å². The van der Waals surface area contributed by atoms with Crippen LogP contribution in [0.4, 0.5) is 4.39 Å². The van der Waals surface area contributed by atoms with Crippen LogP contribution in [0.2, 0.25) is 0 Å². The summed E-state index contributed by atoms with van der Waals surface area (Å²) >= 11 is 1.26. The summed E-state index contributed by atoms with van der Waals surface area (Å²) in [5.74, 6) is 0.686. The van der Waals surface area contributed by atoms with Gasteiger partial charge in [0.05, 0.1) is 12.8 Å². The van der Waals surface area contributed by atoms with Gasteiger partial charge >= 0.3 is 0 Å². The normalized spacial score (nSPS) is 13.9. The Morgan fingerprint density at radius 3 is 2.41 bits per heavy atom. The van der Waals surface area contributed by atoms with Gasteiger partial charge in [-0.05, 0) is 54.8 Å². The van der Waals surface area contributed by atoms with Crippen molar-refractivity contribution in [3.63, 3.8) is 0 Å². The third kappa shape index (κ3) is 4.68. The van der Waals surface area contributed by atoms with Gasteiger partial charge < -0.3 is 10.1 Å². The smallest absolute Gasteiger partial charge is 0.238 e. The molecule has 1 aliphatic rings. The number of benzene rings is 3. The molecule has 0 bridgehead atoms. The van der Waals surface area contributed by atoms with Gasteiger partial charge in [-0.3, -0.25) is 9.36 Å². The Morgan fingerprint density at radius 1 is 1.03 bits per heavy atom. The molecule has 0 aliphatic heterocycles. The molecule has 1 aromatic heterocycles. The number of methoxy groups -OCH3 is 1. The summed E-state index contributed by atoms with van der Waals surface area (Å²) < 4.78 is 21.9. The lowest BCUT2D eigenvalue weighted by Gasteiger charge is -2.18. The van der Waals surface area contributed by atoms with Crippen molar-refractivity contribution in [2.75, 3.05) is 7.11 Å². The number of nitrogens with zero attached hydrogens (tertiary/aromatic N) is 3. The predicted molar refractivity (Wildman–Crippen MR) is 130 cm³/mol. The first-order valence-corrected chi connectivity index (χ1v) is 11.9. The molecule has 8 heteroatoms. The van der Waals surface area contributed by atoms with E-state index in [1.54, 1.807) is 29.9 Å². The predicted octanol–water partition coefficient (Wildman–Crippen LogP) is 5.19. The number of hydrogen-bond acceptors (Lipinski definition) is 5. The highest BCUT2D eigenvalue weighted by Gasteiger charge is 2.31. The molecular weight excluding hydrogens is 451 g/mol. The lowest BCUT2D eigenvalue weighted by molar-refractivity contribution is -0.120. The largest absolute Gasteiger partial charge is 0.497 e. The summed E-state index contributed by atoms with van der Waals surface area (Å²) in [6.45, 7) is 0. The molecule has 3 aromatic carbocycles. The molecule has 34 heavy (non-hydrogen) atoms. The fourth-order valence-corrected chi connectivity index (χ4v) is 4.69. The van der Waals surface area contributed by atoms with Gasteiger partial charge in [-0.25, -0.2) is 4.39 Å². The van der Waals surface area contributed by atoms with Gasteiger partial charge in [0.2, 0.25) is 5.91 Å². The van der Waals surface area contributed by atoms with Crippen LogP contribution in [0.3, 0.4) is 0 Å². The minimum absolute atomic E-state index is 0.0900. The molecule has 1 amide bonds. The topological polar surface area (TPSA) is 69.0 Å². The lowest BCUT2D eigenvalue weighted by Crippen LogP contribution is -2.30. The first-order chi connectivity index (χ1) is 16.6. The van der Waals surface area contributed by atoms with Gasteiger partial charge in [-0.1, -0.05) is 54.2 Å². The van der Waals surface area contributed by atoms with Crippen molar-refractivity contribution in [2.45, 2.75) is 29.3 Å². The number of carbonyl (C=O) groups excluding carboxylic acids is 1. The van der Waals surface area contributed by atoms with Crippen LogP contribution in [-0.2, 0) is 4.79 Å². The second kappa shape index (κ2) is 9.69. The molecule has 0 saturated heterocycles.